The van der Waals surface area contributed by atoms with E-state index in [0.29, 0.717) is 12.8 Å². The molecule has 0 spiro atoms. The molecular formula is C22H23KN2O4. The fourth-order valence-electron chi connectivity index (χ4n) is 3.92. The van der Waals surface area contributed by atoms with E-state index in [9.17, 15) is 9.90 Å². The Labute approximate surface area is 212 Å². The Morgan fingerprint density at radius 3 is 2.55 bits per heavy atom. The van der Waals surface area contributed by atoms with Gasteiger partial charge in [0.2, 0.25) is 0 Å². The van der Waals surface area contributed by atoms with Crippen LogP contribution in [-0.2, 0) is 4.79 Å². The zero-order valence-corrected chi connectivity index (χ0v) is 19.8. The summed E-state index contributed by atoms with van der Waals surface area (Å²) in [5.41, 5.74) is 3.72. The summed E-state index contributed by atoms with van der Waals surface area (Å²) in [6.07, 6.45) is 4.91. The second kappa shape index (κ2) is 10.6. The van der Waals surface area contributed by atoms with Crippen LogP contribution in [0.4, 0.5) is 0 Å². The van der Waals surface area contributed by atoms with Gasteiger partial charge in [0.05, 0.1) is 24.2 Å². The maximum Gasteiger partial charge on any atom is 1.00 e. The SMILES string of the molecule is COc1cccc(-c2nc(C3CCC(C(=O)O)CC3)cc3cccnc23)c1.[K+].[OH-]. The maximum absolute atomic E-state index is 11.2. The summed E-state index contributed by atoms with van der Waals surface area (Å²) in [7, 11) is 1.65. The molecule has 0 saturated heterocycles. The predicted octanol–water partition coefficient (Wildman–Crippen LogP) is 1.49. The van der Waals surface area contributed by atoms with Crippen LogP contribution in [0.25, 0.3) is 22.2 Å². The average molecular weight is 419 g/mol. The van der Waals surface area contributed by atoms with Gasteiger partial charge in [-0.2, -0.15) is 0 Å². The summed E-state index contributed by atoms with van der Waals surface area (Å²) >= 11 is 0. The van der Waals surface area contributed by atoms with E-state index in [0.717, 1.165) is 46.4 Å². The Balaban J connectivity index is 0.00000150. The van der Waals surface area contributed by atoms with Gasteiger partial charge >= 0.3 is 57.4 Å². The topological polar surface area (TPSA) is 102 Å². The van der Waals surface area contributed by atoms with Crippen molar-refractivity contribution < 1.29 is 71.5 Å². The van der Waals surface area contributed by atoms with Gasteiger partial charge in [-0.25, -0.2) is 0 Å². The molecule has 6 nitrogen and oxygen atoms in total. The Morgan fingerprint density at radius 1 is 1.10 bits per heavy atom. The summed E-state index contributed by atoms with van der Waals surface area (Å²) in [4.78, 5) is 20.8. The van der Waals surface area contributed by atoms with Crippen molar-refractivity contribution in [1.29, 1.82) is 0 Å². The molecule has 0 radical (unpaired) electrons. The molecule has 0 aliphatic heterocycles. The number of fused-ring (bicyclic) bond motifs is 1. The largest absolute Gasteiger partial charge is 1.00 e. The normalized spacial score (nSPS) is 18.4. The summed E-state index contributed by atoms with van der Waals surface area (Å²) in [5.74, 6) is 0.169. The molecule has 2 aromatic heterocycles. The van der Waals surface area contributed by atoms with Gasteiger partial charge in [-0.05, 0) is 49.9 Å². The molecule has 2 N–H and O–H groups in total. The second-order valence-corrected chi connectivity index (χ2v) is 7.09. The zero-order valence-electron chi connectivity index (χ0n) is 16.7. The first-order valence-electron chi connectivity index (χ1n) is 9.28. The average Bonchev–Trinajstić information content (AvgIpc) is 2.73. The third kappa shape index (κ3) is 5.23. The number of methoxy groups -OCH3 is 1. The minimum Gasteiger partial charge on any atom is -0.870 e. The monoisotopic (exact) mass is 418 g/mol. The van der Waals surface area contributed by atoms with Crippen molar-refractivity contribution in [2.75, 3.05) is 7.11 Å². The van der Waals surface area contributed by atoms with Crippen molar-refractivity contribution in [2.24, 2.45) is 5.92 Å². The van der Waals surface area contributed by atoms with Gasteiger partial charge in [-0.3, -0.25) is 14.8 Å². The third-order valence-corrected chi connectivity index (χ3v) is 5.45. The molecule has 1 saturated carbocycles. The van der Waals surface area contributed by atoms with Crippen LogP contribution in [-0.4, -0.2) is 33.6 Å². The molecule has 1 aliphatic carbocycles. The third-order valence-electron chi connectivity index (χ3n) is 5.45. The Morgan fingerprint density at radius 2 is 1.86 bits per heavy atom. The van der Waals surface area contributed by atoms with Crippen LogP contribution in [0.5, 0.6) is 5.75 Å². The first-order valence-corrected chi connectivity index (χ1v) is 9.28. The quantitative estimate of drug-likeness (QED) is 0.644. The molecular weight excluding hydrogens is 395 g/mol. The van der Waals surface area contributed by atoms with Crippen molar-refractivity contribution in [3.63, 3.8) is 0 Å². The molecule has 3 aromatic rings. The molecule has 0 bridgehead atoms. The van der Waals surface area contributed by atoms with E-state index in [1.807, 2.05) is 30.3 Å². The second-order valence-electron chi connectivity index (χ2n) is 7.09. The van der Waals surface area contributed by atoms with Crippen molar-refractivity contribution in [2.45, 2.75) is 31.6 Å². The Kier molecular flexibility index (Phi) is 8.75. The summed E-state index contributed by atoms with van der Waals surface area (Å²) in [6, 6.07) is 14.0. The molecule has 0 unspecified atom stereocenters. The van der Waals surface area contributed by atoms with Gasteiger partial charge in [0, 0.05) is 28.8 Å². The summed E-state index contributed by atoms with van der Waals surface area (Å²) in [6.45, 7) is 0. The number of nitrogens with zero attached hydrogens (tertiary/aromatic N) is 2. The number of rotatable bonds is 4. The van der Waals surface area contributed by atoms with Gasteiger partial charge in [0.15, 0.2) is 0 Å². The number of hydrogen-bond donors (Lipinski definition) is 1. The Bertz CT molecular complexity index is 987. The van der Waals surface area contributed by atoms with Gasteiger partial charge < -0.3 is 15.3 Å². The van der Waals surface area contributed by atoms with Crippen LogP contribution < -0.4 is 56.1 Å². The minimum atomic E-state index is -0.679. The Hall–Kier alpha value is -1.35. The number of benzene rings is 1. The van der Waals surface area contributed by atoms with E-state index < -0.39 is 5.97 Å². The van der Waals surface area contributed by atoms with E-state index in [-0.39, 0.29) is 68.7 Å². The number of aliphatic carboxylic acids is 1. The van der Waals surface area contributed by atoms with Crippen LogP contribution in [0, 0.1) is 5.92 Å². The number of hydrogen-bond acceptors (Lipinski definition) is 5. The fraction of sp³-hybridized carbons (Fsp3) is 0.318. The molecule has 7 heteroatoms. The maximum atomic E-state index is 11.2. The predicted molar refractivity (Wildman–Crippen MR) is 106 cm³/mol. The van der Waals surface area contributed by atoms with Crippen LogP contribution in [0.3, 0.4) is 0 Å². The van der Waals surface area contributed by atoms with E-state index >= 15 is 0 Å². The van der Waals surface area contributed by atoms with E-state index in [4.69, 9.17) is 9.72 Å². The van der Waals surface area contributed by atoms with Crippen molar-refractivity contribution >= 4 is 16.9 Å². The molecule has 0 amide bonds. The van der Waals surface area contributed by atoms with Crippen LogP contribution in [0.1, 0.15) is 37.3 Å². The molecule has 4 rings (SSSR count). The minimum absolute atomic E-state index is 0. The fourth-order valence-corrected chi connectivity index (χ4v) is 3.92. The van der Waals surface area contributed by atoms with Gasteiger partial charge in [-0.15, -0.1) is 0 Å². The van der Waals surface area contributed by atoms with Gasteiger partial charge in [0.25, 0.3) is 0 Å². The first-order chi connectivity index (χ1) is 13.2. The number of carbonyl (C=O) groups is 1. The molecule has 1 aromatic carbocycles. The summed E-state index contributed by atoms with van der Waals surface area (Å²) in [5, 5.41) is 10.3. The zero-order chi connectivity index (χ0) is 18.8. The molecule has 146 valence electrons. The van der Waals surface area contributed by atoms with Crippen LogP contribution >= 0.6 is 0 Å². The van der Waals surface area contributed by atoms with Crippen LogP contribution in [0.15, 0.2) is 48.7 Å². The van der Waals surface area contributed by atoms with Crippen molar-refractivity contribution in [3.05, 3.63) is 54.4 Å². The van der Waals surface area contributed by atoms with Crippen molar-refractivity contribution in [3.8, 4) is 17.0 Å². The van der Waals surface area contributed by atoms with Crippen LogP contribution in [0.2, 0.25) is 0 Å². The molecule has 1 fully saturated rings. The van der Waals surface area contributed by atoms with E-state index in [2.05, 4.69) is 17.1 Å². The number of aromatic nitrogens is 2. The van der Waals surface area contributed by atoms with E-state index in [1.54, 1.807) is 13.3 Å². The standard InChI is InChI=1S/C22H22N2O3.K.H2O/c1-27-18-6-2-4-16(12-18)21-20-17(5-3-11-23-20)13-19(24-21)14-7-9-15(10-8-14)22(25)26;;/h2-6,11-15H,7-10H2,1H3,(H,25,26);;1H2/q;+1;/p-1. The number of pyridine rings is 2. The molecule has 1 aliphatic rings. The molecule has 29 heavy (non-hydrogen) atoms. The smallest absolute Gasteiger partial charge is 0.870 e. The summed E-state index contributed by atoms with van der Waals surface area (Å²) < 4.78 is 5.37. The first kappa shape index (κ1) is 23.9. The van der Waals surface area contributed by atoms with E-state index in [1.165, 1.54) is 0 Å². The molecule has 0 atom stereocenters. The van der Waals surface area contributed by atoms with Gasteiger partial charge in [0.1, 0.15) is 5.75 Å². The molecule has 2 heterocycles. The number of ether oxygens (including phenoxy) is 1. The van der Waals surface area contributed by atoms with Gasteiger partial charge in [-0.1, -0.05) is 18.2 Å². The van der Waals surface area contributed by atoms with Crippen molar-refractivity contribution in [1.82, 2.24) is 9.97 Å². The number of carboxylic acid groups (broad SMARTS) is 1. The number of carboxylic acids is 1.